The standard InChI is InChI=1S/C29H37F3N4O3/c1-20(2)26-19-35(17-18-36(26)28(38)33-24-13-15-34(16-14-24)21(3)37)27(22-7-5-4-6-8-22)23-9-11-25(12-10-23)39-29(30,31)32/h4-12,20,24,26-27H,13-19H2,1-3H3,(H,33,38)/t26-,27?/m1/s1. The summed E-state index contributed by atoms with van der Waals surface area (Å²) in [5.74, 6) is -0.00269. The number of hydrogen-bond donors (Lipinski definition) is 1. The molecule has 0 bridgehead atoms. The number of carbonyl (C=O) groups excluding carboxylic acids is 2. The number of likely N-dealkylation sites (tertiary alicyclic amines) is 1. The first-order valence-corrected chi connectivity index (χ1v) is 13.5. The lowest BCUT2D eigenvalue weighted by Crippen LogP contribution is -2.61. The second-order valence-corrected chi connectivity index (χ2v) is 10.7. The number of piperazine rings is 1. The summed E-state index contributed by atoms with van der Waals surface area (Å²) in [4.78, 5) is 31.0. The topological polar surface area (TPSA) is 65.1 Å². The van der Waals surface area contributed by atoms with Crippen molar-refractivity contribution in [3.05, 3.63) is 65.7 Å². The number of halogens is 3. The van der Waals surface area contributed by atoms with Gasteiger partial charge in [0.2, 0.25) is 5.91 Å². The molecule has 2 aliphatic heterocycles. The third-order valence-electron chi connectivity index (χ3n) is 7.66. The molecule has 10 heteroatoms. The van der Waals surface area contributed by atoms with Crippen molar-refractivity contribution in [2.75, 3.05) is 32.7 Å². The van der Waals surface area contributed by atoms with Crippen LogP contribution in [0.1, 0.15) is 50.8 Å². The van der Waals surface area contributed by atoms with Crippen molar-refractivity contribution in [1.29, 1.82) is 0 Å². The van der Waals surface area contributed by atoms with Gasteiger partial charge in [-0.3, -0.25) is 9.69 Å². The predicted octanol–water partition coefficient (Wildman–Crippen LogP) is 5.04. The van der Waals surface area contributed by atoms with Gasteiger partial charge in [-0.2, -0.15) is 0 Å². The number of hydrogen-bond acceptors (Lipinski definition) is 4. The van der Waals surface area contributed by atoms with Gasteiger partial charge < -0.3 is 19.9 Å². The van der Waals surface area contributed by atoms with Crippen LogP contribution >= 0.6 is 0 Å². The zero-order chi connectivity index (χ0) is 28.2. The molecule has 2 aromatic rings. The average molecular weight is 547 g/mol. The lowest BCUT2D eigenvalue weighted by atomic mass is 9.93. The molecule has 0 saturated carbocycles. The van der Waals surface area contributed by atoms with Crippen LogP contribution < -0.4 is 10.1 Å². The fourth-order valence-electron chi connectivity index (χ4n) is 5.59. The maximum atomic E-state index is 13.4. The van der Waals surface area contributed by atoms with E-state index < -0.39 is 6.36 Å². The van der Waals surface area contributed by atoms with Crippen LogP contribution in [0, 0.1) is 5.92 Å². The smallest absolute Gasteiger partial charge is 0.406 e. The molecule has 0 aromatic heterocycles. The molecular formula is C29H37F3N4O3. The third-order valence-corrected chi connectivity index (χ3v) is 7.66. The molecule has 0 aliphatic carbocycles. The molecule has 3 amide bonds. The van der Waals surface area contributed by atoms with Gasteiger partial charge >= 0.3 is 12.4 Å². The van der Waals surface area contributed by atoms with Crippen molar-refractivity contribution in [2.24, 2.45) is 5.92 Å². The minimum absolute atomic E-state index is 0.0356. The Kier molecular flexibility index (Phi) is 9.04. The van der Waals surface area contributed by atoms with Crippen LogP contribution in [-0.4, -0.2) is 77.8 Å². The molecule has 0 radical (unpaired) electrons. The molecule has 2 aromatic carbocycles. The number of nitrogens with zero attached hydrogens (tertiary/aromatic N) is 3. The highest BCUT2D eigenvalue weighted by atomic mass is 19.4. The quantitative estimate of drug-likeness (QED) is 0.552. The van der Waals surface area contributed by atoms with E-state index in [2.05, 4.69) is 28.8 Å². The number of nitrogens with one attached hydrogen (secondary N) is 1. The van der Waals surface area contributed by atoms with E-state index in [4.69, 9.17) is 0 Å². The van der Waals surface area contributed by atoms with Crippen molar-refractivity contribution in [1.82, 2.24) is 20.0 Å². The Hall–Kier alpha value is -3.27. The number of amides is 3. The molecule has 2 saturated heterocycles. The van der Waals surface area contributed by atoms with Crippen molar-refractivity contribution in [3.8, 4) is 5.75 Å². The lowest BCUT2D eigenvalue weighted by molar-refractivity contribution is -0.274. The summed E-state index contributed by atoms with van der Waals surface area (Å²) >= 11 is 0. The number of urea groups is 1. The molecular weight excluding hydrogens is 509 g/mol. The van der Waals surface area contributed by atoms with E-state index in [0.717, 1.165) is 24.0 Å². The van der Waals surface area contributed by atoms with Gasteiger partial charge in [-0.15, -0.1) is 13.2 Å². The Bertz CT molecular complexity index is 1100. The maximum absolute atomic E-state index is 13.4. The molecule has 2 fully saturated rings. The Morgan fingerprint density at radius 2 is 1.54 bits per heavy atom. The second kappa shape index (κ2) is 12.3. The van der Waals surface area contributed by atoms with Crippen LogP contribution in [0.5, 0.6) is 5.75 Å². The highest BCUT2D eigenvalue weighted by Gasteiger charge is 2.37. The number of rotatable bonds is 6. The molecule has 39 heavy (non-hydrogen) atoms. The first kappa shape index (κ1) is 28.7. The molecule has 2 aliphatic rings. The van der Waals surface area contributed by atoms with Crippen molar-refractivity contribution >= 4 is 11.9 Å². The highest BCUT2D eigenvalue weighted by molar-refractivity contribution is 5.75. The van der Waals surface area contributed by atoms with E-state index >= 15 is 0 Å². The van der Waals surface area contributed by atoms with E-state index in [9.17, 15) is 22.8 Å². The van der Waals surface area contributed by atoms with E-state index in [1.807, 2.05) is 40.1 Å². The summed E-state index contributed by atoms with van der Waals surface area (Å²) in [6, 6.07) is 15.6. The van der Waals surface area contributed by atoms with E-state index in [1.165, 1.54) is 12.1 Å². The third kappa shape index (κ3) is 7.44. The summed E-state index contributed by atoms with van der Waals surface area (Å²) in [7, 11) is 0. The van der Waals surface area contributed by atoms with Gasteiger partial charge in [0.15, 0.2) is 0 Å². The van der Waals surface area contributed by atoms with Gasteiger partial charge in [-0.05, 0) is 42.0 Å². The Morgan fingerprint density at radius 1 is 0.923 bits per heavy atom. The molecule has 7 nitrogen and oxygen atoms in total. The van der Waals surface area contributed by atoms with Gasteiger partial charge in [0.1, 0.15) is 5.75 Å². The maximum Gasteiger partial charge on any atom is 0.573 e. The summed E-state index contributed by atoms with van der Waals surface area (Å²) in [5.41, 5.74) is 1.88. The van der Waals surface area contributed by atoms with Crippen LogP contribution in [0.15, 0.2) is 54.6 Å². The van der Waals surface area contributed by atoms with Crippen molar-refractivity contribution < 1.29 is 27.5 Å². The van der Waals surface area contributed by atoms with Crippen LogP contribution in [-0.2, 0) is 4.79 Å². The van der Waals surface area contributed by atoms with Crippen LogP contribution in [0.3, 0.4) is 0 Å². The van der Waals surface area contributed by atoms with E-state index in [0.29, 0.717) is 32.7 Å². The number of piperidine rings is 1. The van der Waals surface area contributed by atoms with E-state index in [-0.39, 0.29) is 41.7 Å². The molecule has 4 rings (SSSR count). The number of alkyl halides is 3. The molecule has 212 valence electrons. The van der Waals surface area contributed by atoms with Gasteiger partial charge in [-0.25, -0.2) is 4.79 Å². The minimum atomic E-state index is -4.74. The number of ether oxygens (including phenoxy) is 1. The molecule has 2 atom stereocenters. The fourth-order valence-corrected chi connectivity index (χ4v) is 5.59. The van der Waals surface area contributed by atoms with Crippen LogP contribution in [0.4, 0.5) is 18.0 Å². The van der Waals surface area contributed by atoms with E-state index in [1.54, 1.807) is 19.1 Å². The minimum Gasteiger partial charge on any atom is -0.406 e. The van der Waals surface area contributed by atoms with Crippen molar-refractivity contribution in [3.63, 3.8) is 0 Å². The molecule has 1 N–H and O–H groups in total. The lowest BCUT2D eigenvalue weighted by Gasteiger charge is -2.46. The Balaban J connectivity index is 1.49. The fraction of sp³-hybridized carbons (Fsp3) is 0.517. The monoisotopic (exact) mass is 546 g/mol. The first-order chi connectivity index (χ1) is 18.5. The molecule has 2 heterocycles. The summed E-state index contributed by atoms with van der Waals surface area (Å²) in [6.07, 6.45) is -3.27. The second-order valence-electron chi connectivity index (χ2n) is 10.7. The van der Waals surface area contributed by atoms with Gasteiger partial charge in [0.05, 0.1) is 6.04 Å². The van der Waals surface area contributed by atoms with Crippen molar-refractivity contribution in [2.45, 2.75) is 58.1 Å². The number of benzene rings is 2. The summed E-state index contributed by atoms with van der Waals surface area (Å²) in [6.45, 7) is 8.81. The number of carbonyl (C=O) groups is 2. The SMILES string of the molecule is CC(=O)N1CCC(NC(=O)N2CCN(C(c3ccccc3)c3ccc(OC(F)(F)F)cc3)C[C@@H]2C(C)C)CC1. The summed E-state index contributed by atoms with van der Waals surface area (Å²) in [5, 5.41) is 3.19. The molecule has 0 spiro atoms. The van der Waals surface area contributed by atoms with Gasteiger partial charge in [0, 0.05) is 51.7 Å². The van der Waals surface area contributed by atoms with Crippen LogP contribution in [0.25, 0.3) is 0 Å². The average Bonchev–Trinajstić information content (AvgIpc) is 2.90. The Morgan fingerprint density at radius 3 is 2.10 bits per heavy atom. The normalized spacial score (nSPS) is 20.1. The predicted molar refractivity (Wildman–Crippen MR) is 142 cm³/mol. The molecule has 1 unspecified atom stereocenters. The first-order valence-electron chi connectivity index (χ1n) is 13.5. The van der Waals surface area contributed by atoms with Gasteiger partial charge in [0.25, 0.3) is 0 Å². The largest absolute Gasteiger partial charge is 0.573 e. The highest BCUT2D eigenvalue weighted by Crippen LogP contribution is 2.34. The Labute approximate surface area is 227 Å². The zero-order valence-electron chi connectivity index (χ0n) is 22.7. The zero-order valence-corrected chi connectivity index (χ0v) is 22.7. The summed E-state index contributed by atoms with van der Waals surface area (Å²) < 4.78 is 42.1. The van der Waals surface area contributed by atoms with Crippen LogP contribution in [0.2, 0.25) is 0 Å². The van der Waals surface area contributed by atoms with Gasteiger partial charge in [-0.1, -0.05) is 56.3 Å².